The van der Waals surface area contributed by atoms with E-state index in [0.717, 1.165) is 0 Å². The van der Waals surface area contributed by atoms with Crippen LogP contribution in [-0.4, -0.2) is 95.5 Å². The lowest BCUT2D eigenvalue weighted by atomic mass is 9.93. The fourth-order valence-electron chi connectivity index (χ4n) is 2.91. The molecule has 0 bridgehead atoms. The topological polar surface area (TPSA) is 137 Å². The predicted octanol–water partition coefficient (Wildman–Crippen LogP) is -1.57. The first-order valence-corrected chi connectivity index (χ1v) is 8.40. The van der Waals surface area contributed by atoms with Crippen LogP contribution in [0.15, 0.2) is 12.2 Å². The summed E-state index contributed by atoms with van der Waals surface area (Å²) in [5, 5.41) is 39.2. The second-order valence-corrected chi connectivity index (χ2v) is 6.69. The van der Waals surface area contributed by atoms with Gasteiger partial charge >= 0.3 is 5.97 Å². The van der Waals surface area contributed by atoms with Gasteiger partial charge in [-0.2, -0.15) is 0 Å². The van der Waals surface area contributed by atoms with Crippen LogP contribution in [0.4, 0.5) is 0 Å². The Labute approximate surface area is 152 Å². The standard InChI is InChI=1S/C17H29NO8/c1-18(2)16(23)17(24,9-13(20)25-3)6-4-5-7-26-12-8-11(10-19)14(21)15(12)22/h4-5,11-12,14-15,19,21-22,24H,6-10H2,1-3H3/b5-4+. The molecule has 0 spiro atoms. The summed E-state index contributed by atoms with van der Waals surface area (Å²) in [7, 11) is 4.12. The van der Waals surface area contributed by atoms with E-state index in [0.29, 0.717) is 6.42 Å². The van der Waals surface area contributed by atoms with Crippen LogP contribution >= 0.6 is 0 Å². The van der Waals surface area contributed by atoms with Crippen molar-refractivity contribution in [1.82, 2.24) is 4.90 Å². The van der Waals surface area contributed by atoms with Gasteiger partial charge in [0.05, 0.1) is 32.3 Å². The molecule has 0 aromatic rings. The molecule has 150 valence electrons. The number of nitrogens with zero attached hydrogens (tertiary/aromatic N) is 1. The molecule has 1 rings (SSSR count). The van der Waals surface area contributed by atoms with Crippen LogP contribution in [0.3, 0.4) is 0 Å². The number of hydrogen-bond donors (Lipinski definition) is 4. The number of rotatable bonds is 9. The largest absolute Gasteiger partial charge is 0.469 e. The lowest BCUT2D eigenvalue weighted by molar-refractivity contribution is -0.159. The first-order chi connectivity index (χ1) is 12.2. The van der Waals surface area contributed by atoms with E-state index in [4.69, 9.17) is 9.84 Å². The summed E-state index contributed by atoms with van der Waals surface area (Å²) in [6.07, 6.45) is 0.0862. The van der Waals surface area contributed by atoms with Crippen LogP contribution in [0, 0.1) is 5.92 Å². The van der Waals surface area contributed by atoms with Gasteiger partial charge in [0.25, 0.3) is 5.91 Å². The molecule has 0 saturated heterocycles. The number of esters is 1. The van der Waals surface area contributed by atoms with Gasteiger partial charge in [0, 0.05) is 33.0 Å². The summed E-state index contributed by atoms with van der Waals surface area (Å²) in [6.45, 7) is -0.155. The first-order valence-electron chi connectivity index (χ1n) is 8.40. The lowest BCUT2D eigenvalue weighted by Gasteiger charge is -2.27. The molecular formula is C17H29NO8. The highest BCUT2D eigenvalue weighted by Crippen LogP contribution is 2.28. The minimum Gasteiger partial charge on any atom is -0.469 e. The average Bonchev–Trinajstić information content (AvgIpc) is 2.88. The molecule has 1 saturated carbocycles. The number of aliphatic hydroxyl groups is 4. The van der Waals surface area contributed by atoms with Gasteiger partial charge in [-0.15, -0.1) is 0 Å². The minimum atomic E-state index is -1.92. The Kier molecular flexibility index (Phi) is 8.65. The molecule has 0 heterocycles. The fourth-order valence-corrected chi connectivity index (χ4v) is 2.91. The van der Waals surface area contributed by atoms with Gasteiger partial charge in [-0.3, -0.25) is 9.59 Å². The van der Waals surface area contributed by atoms with E-state index in [9.17, 15) is 24.9 Å². The molecule has 1 aliphatic carbocycles. The van der Waals surface area contributed by atoms with Crippen LogP contribution in [0.25, 0.3) is 0 Å². The monoisotopic (exact) mass is 375 g/mol. The zero-order valence-corrected chi connectivity index (χ0v) is 15.4. The van der Waals surface area contributed by atoms with Crippen molar-refractivity contribution in [2.45, 2.75) is 43.2 Å². The summed E-state index contributed by atoms with van der Waals surface area (Å²) in [6, 6.07) is 0. The van der Waals surface area contributed by atoms with Crippen molar-refractivity contribution in [3.63, 3.8) is 0 Å². The molecule has 1 aliphatic rings. The Morgan fingerprint density at radius 1 is 1.23 bits per heavy atom. The number of methoxy groups -OCH3 is 1. The molecule has 0 radical (unpaired) electrons. The van der Waals surface area contributed by atoms with Crippen LogP contribution in [-0.2, 0) is 19.1 Å². The van der Waals surface area contributed by atoms with Crippen molar-refractivity contribution in [3.8, 4) is 0 Å². The summed E-state index contributed by atoms with van der Waals surface area (Å²) in [5.74, 6) is -1.75. The molecule has 9 nitrogen and oxygen atoms in total. The number of aliphatic hydroxyl groups excluding tert-OH is 3. The molecule has 5 unspecified atom stereocenters. The summed E-state index contributed by atoms with van der Waals surface area (Å²) in [5.41, 5.74) is -1.92. The van der Waals surface area contributed by atoms with Crippen molar-refractivity contribution in [2.24, 2.45) is 5.92 Å². The highest BCUT2D eigenvalue weighted by atomic mass is 16.5. The van der Waals surface area contributed by atoms with Gasteiger partial charge in [0.15, 0.2) is 5.60 Å². The normalized spacial score (nSPS) is 28.1. The molecule has 1 fully saturated rings. The van der Waals surface area contributed by atoms with Crippen LogP contribution < -0.4 is 0 Å². The molecule has 5 atom stereocenters. The van der Waals surface area contributed by atoms with Crippen LogP contribution in [0.2, 0.25) is 0 Å². The van der Waals surface area contributed by atoms with E-state index in [1.54, 1.807) is 6.08 Å². The maximum atomic E-state index is 12.2. The van der Waals surface area contributed by atoms with Crippen molar-refractivity contribution >= 4 is 11.9 Å². The number of ether oxygens (including phenoxy) is 2. The van der Waals surface area contributed by atoms with E-state index in [1.807, 2.05) is 0 Å². The second-order valence-electron chi connectivity index (χ2n) is 6.69. The molecule has 26 heavy (non-hydrogen) atoms. The minimum absolute atomic E-state index is 0.0804. The number of carbonyl (C=O) groups excluding carboxylic acids is 2. The molecule has 0 aromatic carbocycles. The predicted molar refractivity (Wildman–Crippen MR) is 91.0 cm³/mol. The van der Waals surface area contributed by atoms with E-state index in [2.05, 4.69) is 4.74 Å². The number of carbonyl (C=O) groups is 2. The zero-order valence-electron chi connectivity index (χ0n) is 15.4. The second kappa shape index (κ2) is 9.98. The van der Waals surface area contributed by atoms with Crippen molar-refractivity contribution in [3.05, 3.63) is 12.2 Å². The Bertz CT molecular complexity index is 509. The third-order valence-electron chi connectivity index (χ3n) is 4.48. The molecule has 0 aromatic heterocycles. The highest BCUT2D eigenvalue weighted by Gasteiger charge is 2.41. The Balaban J connectivity index is 2.58. The maximum absolute atomic E-state index is 12.2. The molecular weight excluding hydrogens is 346 g/mol. The lowest BCUT2D eigenvalue weighted by Crippen LogP contribution is -2.47. The van der Waals surface area contributed by atoms with E-state index >= 15 is 0 Å². The third kappa shape index (κ3) is 5.75. The van der Waals surface area contributed by atoms with Crippen LogP contribution in [0.1, 0.15) is 19.3 Å². The van der Waals surface area contributed by atoms with Gasteiger partial charge in [-0.05, 0) is 6.42 Å². The number of likely N-dealkylation sites (N-methyl/N-ethyl adjacent to an activating group) is 1. The summed E-state index contributed by atoms with van der Waals surface area (Å²) in [4.78, 5) is 24.8. The van der Waals surface area contributed by atoms with Gasteiger partial charge in [0.2, 0.25) is 0 Å². The number of amides is 1. The fraction of sp³-hybridized carbons (Fsp3) is 0.765. The Morgan fingerprint density at radius 2 is 1.88 bits per heavy atom. The molecule has 4 N–H and O–H groups in total. The van der Waals surface area contributed by atoms with E-state index < -0.39 is 48.1 Å². The van der Waals surface area contributed by atoms with E-state index in [1.165, 1.54) is 32.2 Å². The molecule has 0 aliphatic heterocycles. The van der Waals surface area contributed by atoms with Crippen molar-refractivity contribution in [2.75, 3.05) is 34.4 Å². The smallest absolute Gasteiger partial charge is 0.309 e. The number of hydrogen-bond acceptors (Lipinski definition) is 8. The zero-order chi connectivity index (χ0) is 19.9. The van der Waals surface area contributed by atoms with Crippen molar-refractivity contribution < 1.29 is 39.5 Å². The molecule has 9 heteroatoms. The van der Waals surface area contributed by atoms with Crippen LogP contribution in [0.5, 0.6) is 0 Å². The summed E-state index contributed by atoms with van der Waals surface area (Å²) >= 11 is 0. The van der Waals surface area contributed by atoms with Gasteiger partial charge in [0.1, 0.15) is 6.10 Å². The summed E-state index contributed by atoms with van der Waals surface area (Å²) < 4.78 is 9.99. The average molecular weight is 375 g/mol. The van der Waals surface area contributed by atoms with Gasteiger partial charge < -0.3 is 34.8 Å². The highest BCUT2D eigenvalue weighted by molar-refractivity contribution is 5.89. The third-order valence-corrected chi connectivity index (χ3v) is 4.48. The van der Waals surface area contributed by atoms with Gasteiger partial charge in [-0.1, -0.05) is 12.2 Å². The Hall–Kier alpha value is -1.52. The van der Waals surface area contributed by atoms with Gasteiger partial charge in [-0.25, -0.2) is 0 Å². The maximum Gasteiger partial charge on any atom is 0.309 e. The molecule has 1 amide bonds. The SMILES string of the molecule is COC(=O)CC(O)(C/C=C/COC1CC(CO)C(O)C1O)C(=O)N(C)C. The van der Waals surface area contributed by atoms with Crippen molar-refractivity contribution in [1.29, 1.82) is 0 Å². The Morgan fingerprint density at radius 3 is 2.38 bits per heavy atom. The van der Waals surface area contributed by atoms with E-state index in [-0.39, 0.29) is 19.6 Å². The first kappa shape index (κ1) is 22.5. The quantitative estimate of drug-likeness (QED) is 0.280.